The number of hydrogen-bond donors (Lipinski definition) is 0. The molecule has 0 bridgehead atoms. The van der Waals surface area contributed by atoms with Crippen LogP contribution in [-0.4, -0.2) is 18.5 Å². The largest absolute Gasteiger partial charge is 0.377 e. The Balaban J connectivity index is 2.53. The molecule has 0 saturated heterocycles. The van der Waals surface area contributed by atoms with Gasteiger partial charge in [-0.3, -0.25) is 4.79 Å². The van der Waals surface area contributed by atoms with Crippen molar-refractivity contribution in [2.75, 3.05) is 6.61 Å². The molecule has 13 heavy (non-hydrogen) atoms. The minimum Gasteiger partial charge on any atom is -0.377 e. The van der Waals surface area contributed by atoms with Gasteiger partial charge in [0.05, 0.1) is 11.5 Å². The molecule has 1 fully saturated rings. The van der Waals surface area contributed by atoms with E-state index in [0.29, 0.717) is 12.2 Å². The van der Waals surface area contributed by atoms with Gasteiger partial charge in [0.1, 0.15) is 5.78 Å². The molecule has 0 aromatic heterocycles. The van der Waals surface area contributed by atoms with Crippen LogP contribution >= 0.6 is 0 Å². The van der Waals surface area contributed by atoms with Gasteiger partial charge in [0.15, 0.2) is 0 Å². The van der Waals surface area contributed by atoms with Crippen molar-refractivity contribution in [1.82, 2.24) is 0 Å². The second-order valence-corrected chi connectivity index (χ2v) is 3.85. The summed E-state index contributed by atoms with van der Waals surface area (Å²) in [4.78, 5) is 11.5. The number of carbonyl (C=O) groups is 1. The van der Waals surface area contributed by atoms with Gasteiger partial charge in [0.25, 0.3) is 0 Å². The van der Waals surface area contributed by atoms with Crippen LogP contribution in [0.15, 0.2) is 0 Å². The van der Waals surface area contributed by atoms with Crippen LogP contribution in [0.2, 0.25) is 0 Å². The molecule has 1 aliphatic carbocycles. The van der Waals surface area contributed by atoms with Crippen molar-refractivity contribution >= 4 is 5.78 Å². The van der Waals surface area contributed by atoms with E-state index in [9.17, 15) is 4.79 Å². The molecule has 0 radical (unpaired) electrons. The fourth-order valence-electron chi connectivity index (χ4n) is 2.19. The summed E-state index contributed by atoms with van der Waals surface area (Å²) in [5, 5.41) is 0. The maximum atomic E-state index is 11.5. The minimum absolute atomic E-state index is 0.130. The van der Waals surface area contributed by atoms with Gasteiger partial charge in [-0.15, -0.1) is 0 Å². The molecule has 1 aliphatic rings. The Bertz CT molecular complexity index is 183. The highest BCUT2D eigenvalue weighted by molar-refractivity contribution is 5.92. The second-order valence-electron chi connectivity index (χ2n) is 3.85. The van der Waals surface area contributed by atoms with E-state index in [1.165, 1.54) is 0 Å². The number of ketones is 1. The molecule has 0 aromatic rings. The van der Waals surface area contributed by atoms with Crippen LogP contribution in [0.1, 0.15) is 46.5 Å². The smallest absolute Gasteiger partial charge is 0.144 e. The first-order valence-electron chi connectivity index (χ1n) is 5.36. The number of hydrogen-bond acceptors (Lipinski definition) is 2. The molecule has 0 aliphatic heterocycles. The van der Waals surface area contributed by atoms with E-state index in [1.807, 2.05) is 0 Å². The molecule has 0 N–H and O–H groups in total. The monoisotopic (exact) mass is 184 g/mol. The van der Waals surface area contributed by atoms with Crippen LogP contribution in [0.25, 0.3) is 0 Å². The van der Waals surface area contributed by atoms with Crippen LogP contribution < -0.4 is 0 Å². The molecule has 1 saturated carbocycles. The van der Waals surface area contributed by atoms with E-state index >= 15 is 0 Å². The lowest BCUT2D eigenvalue weighted by molar-refractivity contribution is -0.165. The fourth-order valence-corrected chi connectivity index (χ4v) is 2.19. The van der Waals surface area contributed by atoms with E-state index in [-0.39, 0.29) is 11.5 Å². The summed E-state index contributed by atoms with van der Waals surface area (Å²) in [6, 6.07) is 0. The molecule has 2 nitrogen and oxygen atoms in total. The van der Waals surface area contributed by atoms with Crippen molar-refractivity contribution in [3.05, 3.63) is 0 Å². The fraction of sp³-hybridized carbons (Fsp3) is 0.909. The minimum atomic E-state index is -0.130. The molecule has 1 unspecified atom stereocenters. The van der Waals surface area contributed by atoms with E-state index < -0.39 is 0 Å². The summed E-state index contributed by atoms with van der Waals surface area (Å²) in [5.41, 5.74) is -0.130. The molecule has 0 spiro atoms. The lowest BCUT2D eigenvalue weighted by Gasteiger charge is -2.46. The lowest BCUT2D eigenvalue weighted by Crippen LogP contribution is -2.54. The summed E-state index contributed by atoms with van der Waals surface area (Å²) in [7, 11) is 0. The van der Waals surface area contributed by atoms with Crippen molar-refractivity contribution < 1.29 is 9.53 Å². The number of Topliss-reactive ketones (excluding diaryl/α,β-unsaturated/α-hetero) is 1. The number of carbonyl (C=O) groups excluding carboxylic acids is 1. The van der Waals surface area contributed by atoms with Crippen LogP contribution in [0, 0.1) is 5.41 Å². The average molecular weight is 184 g/mol. The zero-order valence-electron chi connectivity index (χ0n) is 8.93. The Morgan fingerprint density at radius 2 is 2.00 bits per heavy atom. The molecule has 2 heteroatoms. The topological polar surface area (TPSA) is 26.3 Å². The summed E-state index contributed by atoms with van der Waals surface area (Å²) in [6.45, 7) is 7.06. The lowest BCUT2D eigenvalue weighted by atomic mass is 9.61. The molecule has 0 amide bonds. The Morgan fingerprint density at radius 1 is 1.38 bits per heavy atom. The zero-order valence-corrected chi connectivity index (χ0v) is 8.93. The first-order valence-corrected chi connectivity index (χ1v) is 5.36. The highest BCUT2D eigenvalue weighted by Crippen LogP contribution is 2.45. The molecule has 0 heterocycles. The molecule has 0 aromatic carbocycles. The van der Waals surface area contributed by atoms with E-state index in [4.69, 9.17) is 4.74 Å². The third-order valence-electron chi connectivity index (χ3n) is 3.33. The van der Waals surface area contributed by atoms with Gasteiger partial charge >= 0.3 is 0 Å². The summed E-state index contributed by atoms with van der Waals surface area (Å²) in [6.07, 6.45) is 3.73. The Labute approximate surface area is 80.7 Å². The van der Waals surface area contributed by atoms with Gasteiger partial charge in [-0.05, 0) is 19.3 Å². The third-order valence-corrected chi connectivity index (χ3v) is 3.33. The van der Waals surface area contributed by atoms with E-state index in [0.717, 1.165) is 25.9 Å². The van der Waals surface area contributed by atoms with Crippen molar-refractivity contribution in [3.8, 4) is 0 Å². The predicted molar refractivity (Wildman–Crippen MR) is 52.7 cm³/mol. The highest BCUT2D eigenvalue weighted by Gasteiger charge is 2.52. The molecule has 1 atom stereocenters. The number of rotatable bonds is 5. The maximum absolute atomic E-state index is 11.5. The highest BCUT2D eigenvalue weighted by atomic mass is 16.5. The van der Waals surface area contributed by atoms with Crippen molar-refractivity contribution in [1.29, 1.82) is 0 Å². The number of ether oxygens (including phenoxy) is 1. The standard InChI is InChI=1S/C11H20O2/c1-4-7-13-10-8-9(12)11(10,5-2)6-3/h10H,4-8H2,1-3H3. The SMILES string of the molecule is CCCOC1CC(=O)C1(CC)CC. The van der Waals surface area contributed by atoms with Crippen molar-refractivity contribution in [3.63, 3.8) is 0 Å². The Kier molecular flexibility index (Phi) is 3.48. The second kappa shape index (κ2) is 4.23. The summed E-state index contributed by atoms with van der Waals surface area (Å²) >= 11 is 0. The first-order chi connectivity index (χ1) is 6.21. The van der Waals surface area contributed by atoms with Crippen LogP contribution in [0.4, 0.5) is 0 Å². The average Bonchev–Trinajstić information content (AvgIpc) is 2.14. The van der Waals surface area contributed by atoms with Crippen LogP contribution in [0.5, 0.6) is 0 Å². The molecular formula is C11H20O2. The molecule has 76 valence electrons. The van der Waals surface area contributed by atoms with E-state index in [1.54, 1.807) is 0 Å². The van der Waals surface area contributed by atoms with Gasteiger partial charge in [-0.1, -0.05) is 20.8 Å². The van der Waals surface area contributed by atoms with Crippen LogP contribution in [0.3, 0.4) is 0 Å². The van der Waals surface area contributed by atoms with Crippen LogP contribution in [-0.2, 0) is 9.53 Å². The molecular weight excluding hydrogens is 164 g/mol. The zero-order chi connectivity index (χ0) is 9.90. The summed E-state index contributed by atoms with van der Waals surface area (Å²) < 4.78 is 5.67. The molecule has 1 rings (SSSR count). The van der Waals surface area contributed by atoms with Gasteiger partial charge in [0, 0.05) is 13.0 Å². The maximum Gasteiger partial charge on any atom is 0.144 e. The normalized spacial score (nSPS) is 25.8. The first kappa shape index (κ1) is 10.7. The predicted octanol–water partition coefficient (Wildman–Crippen LogP) is 2.56. The van der Waals surface area contributed by atoms with Crippen molar-refractivity contribution in [2.24, 2.45) is 5.41 Å². The van der Waals surface area contributed by atoms with Gasteiger partial charge in [-0.2, -0.15) is 0 Å². The van der Waals surface area contributed by atoms with Gasteiger partial charge in [-0.25, -0.2) is 0 Å². The Hall–Kier alpha value is -0.370. The Morgan fingerprint density at radius 3 is 2.38 bits per heavy atom. The quantitative estimate of drug-likeness (QED) is 0.656. The van der Waals surface area contributed by atoms with Gasteiger partial charge < -0.3 is 4.74 Å². The van der Waals surface area contributed by atoms with Gasteiger partial charge in [0.2, 0.25) is 0 Å². The summed E-state index contributed by atoms with van der Waals surface area (Å²) in [5.74, 6) is 0.401. The van der Waals surface area contributed by atoms with Crippen molar-refractivity contribution in [2.45, 2.75) is 52.6 Å². The van der Waals surface area contributed by atoms with E-state index in [2.05, 4.69) is 20.8 Å². The third kappa shape index (κ3) is 1.64.